The molecule has 0 spiro atoms. The van der Waals surface area contributed by atoms with Crippen molar-refractivity contribution in [2.75, 3.05) is 11.9 Å². The van der Waals surface area contributed by atoms with E-state index in [0.29, 0.717) is 15.5 Å². The number of carbonyl (C=O) groups is 2. The van der Waals surface area contributed by atoms with Gasteiger partial charge >= 0.3 is 5.97 Å². The molecule has 0 saturated carbocycles. The Morgan fingerprint density at radius 2 is 1.89 bits per heavy atom. The summed E-state index contributed by atoms with van der Waals surface area (Å²) in [5.74, 6) is -1.70. The van der Waals surface area contributed by atoms with E-state index in [0.717, 1.165) is 5.39 Å². The summed E-state index contributed by atoms with van der Waals surface area (Å²) in [6.45, 7) is -0.589. The molecule has 0 aromatic heterocycles. The van der Waals surface area contributed by atoms with E-state index in [9.17, 15) is 24.8 Å². The number of non-ortho nitro benzene ring substituents is 1. The zero-order chi connectivity index (χ0) is 20.3. The molecular weight excluding hydrogens is 432 g/mol. The van der Waals surface area contributed by atoms with Crippen molar-refractivity contribution in [2.45, 2.75) is 0 Å². The molecule has 3 aromatic rings. The van der Waals surface area contributed by atoms with Gasteiger partial charge in [0.2, 0.25) is 0 Å². The highest BCUT2D eigenvalue weighted by Crippen LogP contribution is 2.29. The minimum atomic E-state index is -0.846. The Hall–Kier alpha value is -3.46. The molecule has 1 amide bonds. The molecule has 3 rings (SSSR count). The third-order valence-electron chi connectivity index (χ3n) is 3.89. The number of amides is 1. The molecule has 0 atom stereocenters. The lowest BCUT2D eigenvalue weighted by atomic mass is 10.1. The van der Waals surface area contributed by atoms with Crippen LogP contribution in [0.25, 0.3) is 10.8 Å². The van der Waals surface area contributed by atoms with Crippen LogP contribution in [0.15, 0.2) is 59.1 Å². The standard InChI is InChI=1S/C19H13BrN2O6/c20-15-9-12(22(26)27)6-8-16(15)21-17(23)10-28-19(25)14-7-5-11-3-1-2-4-13(11)18(14)24/h1-9,24H,10H2,(H,21,23). The van der Waals surface area contributed by atoms with Crippen LogP contribution in [0, 0.1) is 10.1 Å². The van der Waals surface area contributed by atoms with Crippen LogP contribution in [0.5, 0.6) is 5.75 Å². The number of hydrogen-bond acceptors (Lipinski definition) is 6. The molecule has 0 saturated heterocycles. The van der Waals surface area contributed by atoms with Crippen LogP contribution < -0.4 is 5.32 Å². The van der Waals surface area contributed by atoms with Crippen LogP contribution >= 0.6 is 15.9 Å². The summed E-state index contributed by atoms with van der Waals surface area (Å²) >= 11 is 3.13. The van der Waals surface area contributed by atoms with Gasteiger partial charge in [-0.15, -0.1) is 0 Å². The predicted molar refractivity (Wildman–Crippen MR) is 105 cm³/mol. The average Bonchev–Trinajstić information content (AvgIpc) is 2.68. The van der Waals surface area contributed by atoms with Crippen LogP contribution in [0.1, 0.15) is 10.4 Å². The van der Waals surface area contributed by atoms with Crippen molar-refractivity contribution >= 4 is 50.0 Å². The van der Waals surface area contributed by atoms with Crippen LogP contribution in [0.3, 0.4) is 0 Å². The van der Waals surface area contributed by atoms with E-state index >= 15 is 0 Å². The van der Waals surface area contributed by atoms with E-state index < -0.39 is 23.4 Å². The van der Waals surface area contributed by atoms with Crippen LogP contribution in [0.2, 0.25) is 0 Å². The molecule has 0 radical (unpaired) electrons. The minimum Gasteiger partial charge on any atom is -0.506 e. The molecule has 2 N–H and O–H groups in total. The Labute approximate surface area is 167 Å². The van der Waals surface area contributed by atoms with E-state index in [2.05, 4.69) is 21.2 Å². The number of esters is 1. The first-order valence-corrected chi connectivity index (χ1v) is 8.78. The van der Waals surface area contributed by atoms with Gasteiger partial charge in [0, 0.05) is 22.0 Å². The number of nitro groups is 1. The van der Waals surface area contributed by atoms with Crippen LogP contribution in [-0.4, -0.2) is 28.5 Å². The predicted octanol–water partition coefficient (Wildman–Crippen LogP) is 4.01. The maximum Gasteiger partial charge on any atom is 0.342 e. The largest absolute Gasteiger partial charge is 0.506 e. The summed E-state index contributed by atoms with van der Waals surface area (Å²) in [6.07, 6.45) is 0. The molecule has 142 valence electrons. The van der Waals surface area contributed by atoms with Gasteiger partial charge < -0.3 is 15.2 Å². The van der Waals surface area contributed by atoms with Gasteiger partial charge in [0.05, 0.1) is 10.6 Å². The second kappa shape index (κ2) is 8.05. The monoisotopic (exact) mass is 444 g/mol. The second-order valence-electron chi connectivity index (χ2n) is 5.73. The number of phenolic OH excluding ortho intramolecular Hbond substituents is 1. The van der Waals surface area contributed by atoms with Gasteiger partial charge in [-0.05, 0) is 33.4 Å². The highest BCUT2D eigenvalue weighted by atomic mass is 79.9. The van der Waals surface area contributed by atoms with E-state index in [1.54, 1.807) is 30.3 Å². The van der Waals surface area contributed by atoms with E-state index in [1.165, 1.54) is 24.3 Å². The zero-order valence-electron chi connectivity index (χ0n) is 14.2. The number of hydrogen-bond donors (Lipinski definition) is 2. The van der Waals surface area contributed by atoms with Gasteiger partial charge in [-0.1, -0.05) is 30.3 Å². The molecule has 0 aliphatic carbocycles. The quantitative estimate of drug-likeness (QED) is 0.348. The van der Waals surface area contributed by atoms with Crippen molar-refractivity contribution < 1.29 is 24.4 Å². The third-order valence-corrected chi connectivity index (χ3v) is 4.55. The lowest BCUT2D eigenvalue weighted by Gasteiger charge is -2.10. The number of aromatic hydroxyl groups is 1. The molecule has 0 aliphatic rings. The number of halogens is 1. The Kier molecular flexibility index (Phi) is 5.55. The molecule has 0 heterocycles. The van der Waals surface area contributed by atoms with Crippen LogP contribution in [-0.2, 0) is 9.53 Å². The van der Waals surface area contributed by atoms with Gasteiger partial charge in [0.15, 0.2) is 6.61 Å². The molecule has 28 heavy (non-hydrogen) atoms. The molecule has 0 unspecified atom stereocenters. The van der Waals surface area contributed by atoms with Crippen molar-refractivity contribution in [1.29, 1.82) is 0 Å². The fraction of sp³-hybridized carbons (Fsp3) is 0.0526. The Morgan fingerprint density at radius 3 is 2.61 bits per heavy atom. The highest BCUT2D eigenvalue weighted by Gasteiger charge is 2.17. The highest BCUT2D eigenvalue weighted by molar-refractivity contribution is 9.10. The average molecular weight is 445 g/mol. The summed E-state index contributed by atoms with van der Waals surface area (Å²) in [6, 6.07) is 13.9. The number of ether oxygens (including phenoxy) is 1. The maximum atomic E-state index is 12.2. The summed E-state index contributed by atoms with van der Waals surface area (Å²) in [5, 5.41) is 24.7. The summed E-state index contributed by atoms with van der Waals surface area (Å²) < 4.78 is 5.27. The van der Waals surface area contributed by atoms with Gasteiger partial charge in [-0.25, -0.2) is 4.79 Å². The van der Waals surface area contributed by atoms with Crippen LogP contribution in [0.4, 0.5) is 11.4 Å². The van der Waals surface area contributed by atoms with E-state index in [4.69, 9.17) is 4.74 Å². The number of fused-ring (bicyclic) bond motifs is 1. The van der Waals surface area contributed by atoms with E-state index in [1.807, 2.05) is 0 Å². The second-order valence-corrected chi connectivity index (χ2v) is 6.58. The first kappa shape index (κ1) is 19.3. The SMILES string of the molecule is O=C(COC(=O)c1ccc2ccccc2c1O)Nc1ccc([N+](=O)[O-])cc1Br. The Bertz CT molecular complexity index is 1100. The van der Waals surface area contributed by atoms with Crippen molar-refractivity contribution in [2.24, 2.45) is 0 Å². The van der Waals surface area contributed by atoms with Gasteiger partial charge in [0.1, 0.15) is 11.3 Å². The smallest absolute Gasteiger partial charge is 0.342 e. The number of carbonyl (C=O) groups excluding carboxylic acids is 2. The fourth-order valence-electron chi connectivity index (χ4n) is 2.53. The number of nitrogens with zero attached hydrogens (tertiary/aromatic N) is 1. The number of nitrogens with one attached hydrogen (secondary N) is 1. The zero-order valence-corrected chi connectivity index (χ0v) is 15.8. The molecular formula is C19H13BrN2O6. The summed E-state index contributed by atoms with van der Waals surface area (Å²) in [5.41, 5.74) is 0.103. The molecule has 3 aromatic carbocycles. The molecule has 0 bridgehead atoms. The van der Waals surface area contributed by atoms with Gasteiger partial charge in [-0.2, -0.15) is 0 Å². The summed E-state index contributed by atoms with van der Waals surface area (Å²) in [4.78, 5) is 34.4. The lowest BCUT2D eigenvalue weighted by Crippen LogP contribution is -2.21. The maximum absolute atomic E-state index is 12.2. The Morgan fingerprint density at radius 1 is 1.14 bits per heavy atom. The fourth-order valence-corrected chi connectivity index (χ4v) is 3.00. The number of anilines is 1. The van der Waals surface area contributed by atoms with Gasteiger partial charge in [-0.3, -0.25) is 14.9 Å². The van der Waals surface area contributed by atoms with Crippen molar-refractivity contribution in [1.82, 2.24) is 0 Å². The van der Waals surface area contributed by atoms with Crippen molar-refractivity contribution in [3.8, 4) is 5.75 Å². The first-order valence-electron chi connectivity index (χ1n) is 7.98. The van der Waals surface area contributed by atoms with Crippen molar-refractivity contribution in [3.63, 3.8) is 0 Å². The lowest BCUT2D eigenvalue weighted by molar-refractivity contribution is -0.384. The van der Waals surface area contributed by atoms with E-state index in [-0.39, 0.29) is 17.0 Å². The minimum absolute atomic E-state index is 0.0528. The van der Waals surface area contributed by atoms with Gasteiger partial charge in [0.25, 0.3) is 11.6 Å². The van der Waals surface area contributed by atoms with Crippen molar-refractivity contribution in [3.05, 3.63) is 74.7 Å². The first-order chi connectivity index (χ1) is 13.4. The normalized spacial score (nSPS) is 10.5. The topological polar surface area (TPSA) is 119 Å². The Balaban J connectivity index is 1.66. The number of rotatable bonds is 5. The molecule has 8 nitrogen and oxygen atoms in total. The number of nitro benzene ring substituents is 1. The molecule has 0 fully saturated rings. The number of phenols is 1. The summed E-state index contributed by atoms with van der Waals surface area (Å²) in [7, 11) is 0. The third kappa shape index (κ3) is 4.09. The molecule has 9 heteroatoms. The number of benzene rings is 3. The molecule has 0 aliphatic heterocycles.